The molecule has 106 valence electrons. The molecule has 0 aliphatic carbocycles. The Hall–Kier alpha value is -1.16. The average molecular weight is 261 g/mol. The summed E-state index contributed by atoms with van der Waals surface area (Å²) in [5.74, 6) is 0. The summed E-state index contributed by atoms with van der Waals surface area (Å²) >= 11 is 0. The zero-order chi connectivity index (χ0) is 14.7. The summed E-state index contributed by atoms with van der Waals surface area (Å²) in [5.41, 5.74) is 0.806. The number of nitrogens with zero attached hydrogens (tertiary/aromatic N) is 1. The first kappa shape index (κ1) is 19.2. The van der Waals surface area contributed by atoms with Gasteiger partial charge in [0.1, 0.15) is 0 Å². The van der Waals surface area contributed by atoms with E-state index in [0.717, 1.165) is 0 Å². The molecule has 0 spiro atoms. The molecule has 0 heterocycles. The highest BCUT2D eigenvalue weighted by molar-refractivity contribution is 5.34. The van der Waals surface area contributed by atoms with E-state index in [0.29, 0.717) is 24.4 Å². The smallest absolute Gasteiger partial charge is 0.264 e. The van der Waals surface area contributed by atoms with E-state index in [4.69, 9.17) is 4.74 Å². The molecule has 0 rings (SSSR count). The van der Waals surface area contributed by atoms with Crippen LogP contribution in [0, 0.1) is 0 Å². The summed E-state index contributed by atoms with van der Waals surface area (Å²) in [7, 11) is 3.37. The molecule has 18 heavy (non-hydrogen) atoms. The van der Waals surface area contributed by atoms with Crippen LogP contribution in [0.5, 0.6) is 0 Å². The molecule has 0 bridgehead atoms. The van der Waals surface area contributed by atoms with Gasteiger partial charge in [0.25, 0.3) is 6.43 Å². The summed E-state index contributed by atoms with van der Waals surface area (Å²) in [5, 5.41) is 0. The third-order valence-electron chi connectivity index (χ3n) is 2.17. The van der Waals surface area contributed by atoms with Crippen molar-refractivity contribution in [3.8, 4) is 0 Å². The van der Waals surface area contributed by atoms with Gasteiger partial charge in [0, 0.05) is 32.0 Å². The highest BCUT2D eigenvalue weighted by Crippen LogP contribution is 2.19. The quantitative estimate of drug-likeness (QED) is 0.645. The maximum atomic E-state index is 12.6. The summed E-state index contributed by atoms with van der Waals surface area (Å²) < 4.78 is 30.1. The Bertz CT molecular complexity index is 286. The van der Waals surface area contributed by atoms with Crippen LogP contribution in [0.25, 0.3) is 0 Å². The second-order valence-electron chi connectivity index (χ2n) is 3.59. The Balaban J connectivity index is 0. The first-order valence-electron chi connectivity index (χ1n) is 5.94. The van der Waals surface area contributed by atoms with E-state index in [1.807, 2.05) is 13.8 Å². The van der Waals surface area contributed by atoms with Crippen LogP contribution in [0.1, 0.15) is 20.8 Å². The summed E-state index contributed by atoms with van der Waals surface area (Å²) in [6, 6.07) is 0. The number of hydrogen-bond acceptors (Lipinski definition) is 2. The van der Waals surface area contributed by atoms with E-state index >= 15 is 0 Å². The predicted octanol–water partition coefficient (Wildman–Crippen LogP) is 3.87. The Morgan fingerprint density at radius 1 is 1.33 bits per heavy atom. The number of alkyl halides is 2. The first-order chi connectivity index (χ1) is 8.40. The molecular formula is C14H25F2NO. The fourth-order valence-electron chi connectivity index (χ4n) is 1.03. The summed E-state index contributed by atoms with van der Waals surface area (Å²) in [4.78, 5) is 1.76. The van der Waals surface area contributed by atoms with Crippen molar-refractivity contribution >= 4 is 0 Å². The van der Waals surface area contributed by atoms with E-state index in [-0.39, 0.29) is 5.57 Å². The van der Waals surface area contributed by atoms with Gasteiger partial charge in [-0.1, -0.05) is 27.0 Å². The number of ether oxygens (including phenoxy) is 1. The second-order valence-corrected chi connectivity index (χ2v) is 3.59. The van der Waals surface area contributed by atoms with Crippen molar-refractivity contribution in [2.45, 2.75) is 27.2 Å². The van der Waals surface area contributed by atoms with Crippen LogP contribution >= 0.6 is 0 Å². The van der Waals surface area contributed by atoms with Crippen LogP contribution in [-0.4, -0.2) is 38.6 Å². The van der Waals surface area contributed by atoms with Crippen LogP contribution < -0.4 is 0 Å². The Labute approximate surface area is 110 Å². The largest absolute Gasteiger partial charge is 0.383 e. The highest BCUT2D eigenvalue weighted by atomic mass is 19.3. The van der Waals surface area contributed by atoms with Crippen molar-refractivity contribution in [2.24, 2.45) is 0 Å². The Morgan fingerprint density at radius 3 is 2.17 bits per heavy atom. The minimum atomic E-state index is -2.52. The molecule has 0 aliphatic heterocycles. The third-order valence-corrected chi connectivity index (χ3v) is 2.17. The number of allylic oxidation sites excluding steroid dienone is 3. The standard InChI is InChI=1S/C12H19F2NO.C2H6/c1-9(2)11(12(13)14)8-10(3)15(4)6-7-16-5;1-2/h8,12H,1,3,6-7H2,2,4-5H3;1-2H3/b11-8+;. The lowest BCUT2D eigenvalue weighted by molar-refractivity contribution is 0.174. The summed E-state index contributed by atoms with van der Waals surface area (Å²) in [6.07, 6.45) is -1.16. The van der Waals surface area contributed by atoms with E-state index in [9.17, 15) is 8.78 Å². The van der Waals surface area contributed by atoms with Crippen molar-refractivity contribution in [1.29, 1.82) is 0 Å². The third kappa shape index (κ3) is 8.01. The number of halogens is 2. The van der Waals surface area contributed by atoms with Gasteiger partial charge in [-0.3, -0.25) is 0 Å². The second kappa shape index (κ2) is 11.0. The van der Waals surface area contributed by atoms with Crippen molar-refractivity contribution in [2.75, 3.05) is 27.3 Å². The molecule has 0 amide bonds. The van der Waals surface area contributed by atoms with E-state index in [1.54, 1.807) is 26.0 Å². The SMILES string of the molecule is C=C(C)/C(=C\C(=C)N(C)CCOC)C(F)F.CC. The van der Waals surface area contributed by atoms with Gasteiger partial charge in [-0.2, -0.15) is 0 Å². The Kier molecular flexibility index (Phi) is 11.7. The lowest BCUT2D eigenvalue weighted by atomic mass is 10.1. The van der Waals surface area contributed by atoms with Crippen LogP contribution in [-0.2, 0) is 4.74 Å². The summed E-state index contributed by atoms with van der Waals surface area (Å²) in [6.45, 7) is 13.9. The average Bonchev–Trinajstić information content (AvgIpc) is 2.34. The predicted molar refractivity (Wildman–Crippen MR) is 73.9 cm³/mol. The van der Waals surface area contributed by atoms with E-state index in [2.05, 4.69) is 13.2 Å². The van der Waals surface area contributed by atoms with Crippen LogP contribution in [0.2, 0.25) is 0 Å². The monoisotopic (exact) mass is 261 g/mol. The molecule has 0 N–H and O–H groups in total. The van der Waals surface area contributed by atoms with Gasteiger partial charge in [0.05, 0.1) is 6.61 Å². The molecule has 0 saturated heterocycles. The molecule has 0 fully saturated rings. The maximum Gasteiger partial charge on any atom is 0.264 e. The number of hydrogen-bond donors (Lipinski definition) is 0. The van der Waals surface area contributed by atoms with Crippen molar-refractivity contribution in [3.63, 3.8) is 0 Å². The number of methoxy groups -OCH3 is 1. The van der Waals surface area contributed by atoms with Gasteiger partial charge < -0.3 is 9.64 Å². The molecule has 0 atom stereocenters. The normalized spacial score (nSPS) is 10.8. The molecule has 0 saturated carbocycles. The fraction of sp³-hybridized carbons (Fsp3) is 0.571. The zero-order valence-electron chi connectivity index (χ0n) is 12.1. The minimum Gasteiger partial charge on any atom is -0.383 e. The van der Waals surface area contributed by atoms with Gasteiger partial charge in [0.15, 0.2) is 0 Å². The lowest BCUT2D eigenvalue weighted by Crippen LogP contribution is -2.21. The van der Waals surface area contributed by atoms with Crippen LogP contribution in [0.15, 0.2) is 36.1 Å². The van der Waals surface area contributed by atoms with Gasteiger partial charge in [-0.15, -0.1) is 0 Å². The van der Waals surface area contributed by atoms with Crippen molar-refractivity contribution in [1.82, 2.24) is 4.90 Å². The van der Waals surface area contributed by atoms with Crippen LogP contribution in [0.4, 0.5) is 8.78 Å². The molecule has 0 radical (unpaired) electrons. The molecule has 0 aromatic heterocycles. The maximum absolute atomic E-state index is 12.6. The molecule has 0 aromatic rings. The highest BCUT2D eigenvalue weighted by Gasteiger charge is 2.12. The number of likely N-dealkylation sites (N-methyl/N-ethyl adjacent to an activating group) is 1. The molecular weight excluding hydrogens is 236 g/mol. The van der Waals surface area contributed by atoms with Gasteiger partial charge in [-0.25, -0.2) is 8.78 Å². The van der Waals surface area contributed by atoms with Gasteiger partial charge >= 0.3 is 0 Å². The van der Waals surface area contributed by atoms with E-state index < -0.39 is 6.43 Å². The molecule has 0 unspecified atom stereocenters. The molecule has 0 aliphatic rings. The van der Waals surface area contributed by atoms with E-state index in [1.165, 1.54) is 6.08 Å². The fourth-order valence-corrected chi connectivity index (χ4v) is 1.03. The van der Waals surface area contributed by atoms with Crippen molar-refractivity contribution in [3.05, 3.63) is 36.1 Å². The molecule has 2 nitrogen and oxygen atoms in total. The molecule has 0 aromatic carbocycles. The minimum absolute atomic E-state index is 0.0748. The van der Waals surface area contributed by atoms with Gasteiger partial charge in [-0.05, 0) is 18.6 Å². The van der Waals surface area contributed by atoms with Crippen molar-refractivity contribution < 1.29 is 13.5 Å². The topological polar surface area (TPSA) is 12.5 Å². The van der Waals surface area contributed by atoms with Gasteiger partial charge in [0.2, 0.25) is 0 Å². The lowest BCUT2D eigenvalue weighted by Gasteiger charge is -2.20. The Morgan fingerprint density at radius 2 is 1.83 bits per heavy atom. The van der Waals surface area contributed by atoms with Crippen LogP contribution in [0.3, 0.4) is 0 Å². The zero-order valence-corrected chi connectivity index (χ0v) is 12.1. The number of rotatable bonds is 7. The molecule has 4 heteroatoms. The first-order valence-corrected chi connectivity index (χ1v) is 5.94.